The second-order valence-corrected chi connectivity index (χ2v) is 7.86. The maximum Gasteiger partial charge on any atom is 0.227 e. The molecule has 0 spiro atoms. The number of aryl methyl sites for hydroxylation is 1. The molecule has 3 rings (SSSR count). The van der Waals surface area contributed by atoms with E-state index in [1.54, 1.807) is 36.1 Å². The van der Waals surface area contributed by atoms with Crippen molar-refractivity contribution in [2.75, 3.05) is 40.0 Å². The van der Waals surface area contributed by atoms with E-state index >= 15 is 0 Å². The third kappa shape index (κ3) is 7.07. The van der Waals surface area contributed by atoms with Crippen molar-refractivity contribution >= 4 is 0 Å². The molecule has 0 aliphatic heterocycles. The summed E-state index contributed by atoms with van der Waals surface area (Å²) in [5.74, 6) is -0.0976. The monoisotopic (exact) mass is 475 g/mol. The molecule has 0 saturated heterocycles. The zero-order valence-electron chi connectivity index (χ0n) is 19.7. The first-order valence-corrected chi connectivity index (χ1v) is 11.2. The van der Waals surface area contributed by atoms with Gasteiger partial charge in [-0.3, -0.25) is 4.90 Å². The van der Waals surface area contributed by atoms with Crippen molar-refractivity contribution < 1.29 is 28.1 Å². The summed E-state index contributed by atoms with van der Waals surface area (Å²) in [5.41, 5.74) is 2.05. The highest BCUT2D eigenvalue weighted by Gasteiger charge is 2.23. The van der Waals surface area contributed by atoms with Crippen LogP contribution in [0.4, 0.5) is 8.78 Å². The zero-order valence-corrected chi connectivity index (χ0v) is 19.7. The fraction of sp³-hybridized carbons (Fsp3) is 0.400. The second kappa shape index (κ2) is 12.6. The average molecular weight is 476 g/mol. The molecule has 1 aromatic heterocycles. The fourth-order valence-electron chi connectivity index (χ4n) is 3.51. The molecule has 0 saturated carbocycles. The SMILES string of the molecule is CCOC[C@@H](O)CN(CCOC)Cc1c(C)nn(-c2ccc(F)cc2)c1Oc1cccc(F)c1. The third-order valence-corrected chi connectivity index (χ3v) is 5.20. The lowest BCUT2D eigenvalue weighted by Gasteiger charge is -2.25. The Morgan fingerprint density at radius 1 is 1.12 bits per heavy atom. The second-order valence-electron chi connectivity index (χ2n) is 7.86. The highest BCUT2D eigenvalue weighted by atomic mass is 19.1. The summed E-state index contributed by atoms with van der Waals surface area (Å²) in [7, 11) is 1.62. The van der Waals surface area contributed by atoms with E-state index < -0.39 is 11.9 Å². The van der Waals surface area contributed by atoms with Crippen LogP contribution in [-0.4, -0.2) is 65.9 Å². The molecule has 0 aliphatic rings. The van der Waals surface area contributed by atoms with Gasteiger partial charge in [-0.15, -0.1) is 0 Å². The van der Waals surface area contributed by atoms with E-state index in [4.69, 9.17) is 14.2 Å². The molecular weight excluding hydrogens is 444 g/mol. The van der Waals surface area contributed by atoms with E-state index in [9.17, 15) is 13.9 Å². The topological polar surface area (TPSA) is 69.0 Å². The number of nitrogens with zero attached hydrogens (tertiary/aromatic N) is 3. The number of hydrogen-bond acceptors (Lipinski definition) is 6. The van der Waals surface area contributed by atoms with Gasteiger partial charge >= 0.3 is 0 Å². The molecule has 0 unspecified atom stereocenters. The molecule has 3 aromatic rings. The van der Waals surface area contributed by atoms with Gasteiger partial charge in [0.05, 0.1) is 36.3 Å². The Morgan fingerprint density at radius 3 is 2.56 bits per heavy atom. The molecule has 34 heavy (non-hydrogen) atoms. The van der Waals surface area contributed by atoms with Crippen LogP contribution in [0.3, 0.4) is 0 Å². The van der Waals surface area contributed by atoms with E-state index in [1.807, 2.05) is 18.7 Å². The molecule has 2 aromatic carbocycles. The Hall–Kier alpha value is -2.85. The van der Waals surface area contributed by atoms with Gasteiger partial charge in [0.15, 0.2) is 0 Å². The molecule has 0 radical (unpaired) electrons. The fourth-order valence-corrected chi connectivity index (χ4v) is 3.51. The summed E-state index contributed by atoms with van der Waals surface area (Å²) >= 11 is 0. The molecule has 1 heterocycles. The number of rotatable bonds is 13. The van der Waals surface area contributed by atoms with Crippen molar-refractivity contribution in [2.45, 2.75) is 26.5 Å². The van der Waals surface area contributed by atoms with E-state index in [-0.39, 0.29) is 12.4 Å². The summed E-state index contributed by atoms with van der Waals surface area (Å²) in [5, 5.41) is 15.0. The lowest BCUT2D eigenvalue weighted by molar-refractivity contribution is 0.0147. The molecule has 0 amide bonds. The van der Waals surface area contributed by atoms with Gasteiger partial charge in [-0.2, -0.15) is 5.10 Å². The van der Waals surface area contributed by atoms with Crippen molar-refractivity contribution in [3.05, 3.63) is 71.4 Å². The van der Waals surface area contributed by atoms with E-state index in [0.717, 1.165) is 5.56 Å². The van der Waals surface area contributed by atoms with Crippen LogP contribution in [0.1, 0.15) is 18.2 Å². The first-order chi connectivity index (χ1) is 16.4. The van der Waals surface area contributed by atoms with Crippen molar-refractivity contribution in [3.8, 4) is 17.3 Å². The predicted octanol–water partition coefficient (Wildman–Crippen LogP) is 4.10. The van der Waals surface area contributed by atoms with E-state index in [0.29, 0.717) is 55.9 Å². The minimum absolute atomic E-state index is 0.223. The lowest BCUT2D eigenvalue weighted by atomic mass is 10.2. The Labute approximate surface area is 198 Å². The van der Waals surface area contributed by atoms with Gasteiger partial charge in [-0.1, -0.05) is 6.07 Å². The molecule has 1 atom stereocenters. The number of benzene rings is 2. The van der Waals surface area contributed by atoms with Gasteiger partial charge in [0.2, 0.25) is 5.88 Å². The van der Waals surface area contributed by atoms with Crippen molar-refractivity contribution in [3.63, 3.8) is 0 Å². The summed E-state index contributed by atoms with van der Waals surface area (Å²) in [6.45, 7) is 6.23. The number of aliphatic hydroxyl groups is 1. The van der Waals surface area contributed by atoms with Crippen LogP contribution in [0.2, 0.25) is 0 Å². The summed E-state index contributed by atoms with van der Waals surface area (Å²) < 4.78 is 45.6. The number of ether oxygens (including phenoxy) is 3. The van der Waals surface area contributed by atoms with Crippen molar-refractivity contribution in [1.29, 1.82) is 0 Å². The van der Waals surface area contributed by atoms with Gasteiger partial charge in [-0.05, 0) is 50.2 Å². The highest BCUT2D eigenvalue weighted by molar-refractivity contribution is 5.43. The predicted molar refractivity (Wildman–Crippen MR) is 124 cm³/mol. The maximum atomic E-state index is 13.8. The number of methoxy groups -OCH3 is 1. The smallest absolute Gasteiger partial charge is 0.227 e. The van der Waals surface area contributed by atoms with Gasteiger partial charge in [-0.25, -0.2) is 13.5 Å². The van der Waals surface area contributed by atoms with E-state index in [2.05, 4.69) is 5.10 Å². The Morgan fingerprint density at radius 2 is 1.88 bits per heavy atom. The zero-order chi connectivity index (χ0) is 24.5. The lowest BCUT2D eigenvalue weighted by Crippen LogP contribution is -2.36. The Bertz CT molecular complexity index is 1040. The van der Waals surface area contributed by atoms with E-state index in [1.165, 1.54) is 24.3 Å². The quantitative estimate of drug-likeness (QED) is 0.402. The Kier molecular flexibility index (Phi) is 9.52. The summed E-state index contributed by atoms with van der Waals surface area (Å²) in [6.07, 6.45) is -0.683. The Balaban J connectivity index is 1.97. The first kappa shape index (κ1) is 25.8. The van der Waals surface area contributed by atoms with Gasteiger partial charge in [0.1, 0.15) is 17.4 Å². The largest absolute Gasteiger partial charge is 0.438 e. The molecule has 7 nitrogen and oxygen atoms in total. The van der Waals surface area contributed by atoms with Crippen LogP contribution in [0.15, 0.2) is 48.5 Å². The standard InChI is InChI=1S/C25H31F2N3O4/c1-4-33-17-22(31)15-29(12-13-32-3)16-24-18(2)28-30(21-10-8-19(26)9-11-21)25(24)34-23-7-5-6-20(27)14-23/h5-11,14,22,31H,4,12-13,15-17H2,1-3H3/t22-/m0/s1. The average Bonchev–Trinajstić information content (AvgIpc) is 3.11. The number of aromatic nitrogens is 2. The molecule has 0 bridgehead atoms. The number of aliphatic hydroxyl groups excluding tert-OH is 1. The maximum absolute atomic E-state index is 13.8. The highest BCUT2D eigenvalue weighted by Crippen LogP contribution is 2.32. The molecule has 184 valence electrons. The van der Waals surface area contributed by atoms with Crippen LogP contribution >= 0.6 is 0 Å². The summed E-state index contributed by atoms with van der Waals surface area (Å²) in [6, 6.07) is 11.7. The normalized spacial score (nSPS) is 12.3. The van der Waals surface area contributed by atoms with Gasteiger partial charge in [0.25, 0.3) is 0 Å². The van der Waals surface area contributed by atoms with Crippen LogP contribution in [0, 0.1) is 18.6 Å². The van der Waals surface area contributed by atoms with Crippen molar-refractivity contribution in [1.82, 2.24) is 14.7 Å². The van der Waals surface area contributed by atoms with Gasteiger partial charge in [0, 0.05) is 39.4 Å². The van der Waals surface area contributed by atoms with Crippen LogP contribution in [0.25, 0.3) is 5.69 Å². The van der Waals surface area contributed by atoms with Crippen LogP contribution in [0.5, 0.6) is 11.6 Å². The molecule has 0 fully saturated rings. The first-order valence-electron chi connectivity index (χ1n) is 11.2. The van der Waals surface area contributed by atoms with Crippen LogP contribution < -0.4 is 4.74 Å². The third-order valence-electron chi connectivity index (χ3n) is 5.20. The number of halogens is 2. The van der Waals surface area contributed by atoms with Crippen LogP contribution in [-0.2, 0) is 16.0 Å². The molecule has 9 heteroatoms. The van der Waals surface area contributed by atoms with Gasteiger partial charge < -0.3 is 19.3 Å². The minimum Gasteiger partial charge on any atom is -0.438 e. The summed E-state index contributed by atoms with van der Waals surface area (Å²) in [4.78, 5) is 2.02. The van der Waals surface area contributed by atoms with Crippen molar-refractivity contribution in [2.24, 2.45) is 0 Å². The number of hydrogen-bond donors (Lipinski definition) is 1. The minimum atomic E-state index is -0.683. The molecule has 0 aliphatic carbocycles. The molecule has 1 N–H and O–H groups in total. The molecular formula is C25H31F2N3O4.